The number of primary amides is 1. The molecule has 2 aliphatic rings. The van der Waals surface area contributed by atoms with E-state index in [1.807, 2.05) is 0 Å². The highest BCUT2D eigenvalue weighted by molar-refractivity contribution is 6.33. The van der Waals surface area contributed by atoms with E-state index in [0.717, 1.165) is 12.1 Å². The minimum absolute atomic E-state index is 0.000983. The van der Waals surface area contributed by atoms with Gasteiger partial charge in [0.15, 0.2) is 11.5 Å². The van der Waals surface area contributed by atoms with Crippen molar-refractivity contribution in [2.75, 3.05) is 23.8 Å². The number of hydrogen-bond donors (Lipinski definition) is 3. The van der Waals surface area contributed by atoms with Gasteiger partial charge in [0, 0.05) is 24.6 Å². The Hall–Kier alpha value is -3.12. The summed E-state index contributed by atoms with van der Waals surface area (Å²) in [5.41, 5.74) is 6.23. The van der Waals surface area contributed by atoms with Crippen molar-refractivity contribution in [3.63, 3.8) is 0 Å². The minimum atomic E-state index is -1.20. The third-order valence-corrected chi connectivity index (χ3v) is 7.04. The van der Waals surface area contributed by atoms with Crippen molar-refractivity contribution in [2.24, 2.45) is 11.7 Å². The van der Waals surface area contributed by atoms with Crippen LogP contribution in [0, 0.1) is 17.6 Å². The number of carbonyl (C=O) groups excluding carboxylic acids is 1. The van der Waals surface area contributed by atoms with E-state index in [9.17, 15) is 18.0 Å². The molecule has 0 spiro atoms. The number of benzene rings is 1. The molecule has 5 rings (SSSR count). The average molecular weight is 524 g/mol. The van der Waals surface area contributed by atoms with Gasteiger partial charge >= 0.3 is 0 Å². The first kappa shape index (κ1) is 24.6. The first-order valence-corrected chi connectivity index (χ1v) is 12.1. The van der Waals surface area contributed by atoms with E-state index in [0.29, 0.717) is 49.9 Å². The van der Waals surface area contributed by atoms with Crippen LogP contribution in [-0.2, 0) is 9.53 Å². The second-order valence-corrected chi connectivity index (χ2v) is 9.52. The molecule has 1 aromatic carbocycles. The normalized spacial score (nSPS) is 24.6. The Morgan fingerprint density at radius 1 is 1.17 bits per heavy atom. The standard InChI is InChI=1S/C23H25ClF3N7O2/c24-14-7-12(25)8-15(26)19(14)32-23-31-18-9-29-22(30-17-5-6-36-10-16(17)27)33-21(18)34(23)13-3-1-11(2-4-13)20(28)35/h7-9,11,13,16-17H,1-6,10H2,(H2,28,35)(H,31,32)(H,29,30,33)/t11-,13-,16-,17+/m1/s1. The number of carbonyl (C=O) groups is 1. The number of nitrogens with zero attached hydrogens (tertiary/aromatic N) is 4. The van der Waals surface area contributed by atoms with E-state index in [-0.39, 0.29) is 47.1 Å². The van der Waals surface area contributed by atoms with Gasteiger partial charge in [-0.05, 0) is 38.2 Å². The van der Waals surface area contributed by atoms with Crippen LogP contribution >= 0.6 is 11.6 Å². The van der Waals surface area contributed by atoms with Crippen LogP contribution in [-0.4, -0.2) is 50.9 Å². The Labute approximate surface area is 209 Å². The fourth-order valence-electron chi connectivity index (χ4n) is 4.82. The van der Waals surface area contributed by atoms with Crippen molar-refractivity contribution in [2.45, 2.75) is 50.4 Å². The van der Waals surface area contributed by atoms with Crippen molar-refractivity contribution in [1.82, 2.24) is 19.5 Å². The number of anilines is 3. The molecule has 1 amide bonds. The Morgan fingerprint density at radius 3 is 2.64 bits per heavy atom. The van der Waals surface area contributed by atoms with Gasteiger partial charge in [0.25, 0.3) is 0 Å². The fraction of sp³-hybridized carbons (Fsp3) is 0.478. The van der Waals surface area contributed by atoms with Gasteiger partial charge in [-0.25, -0.2) is 23.1 Å². The van der Waals surface area contributed by atoms with Crippen molar-refractivity contribution in [3.05, 3.63) is 35.0 Å². The molecular formula is C23H25ClF3N7O2. The van der Waals surface area contributed by atoms with E-state index in [1.54, 1.807) is 4.57 Å². The largest absolute Gasteiger partial charge is 0.378 e. The average Bonchev–Trinajstić information content (AvgIpc) is 3.20. The maximum absolute atomic E-state index is 14.6. The third kappa shape index (κ3) is 4.92. The van der Waals surface area contributed by atoms with Gasteiger partial charge in [0.2, 0.25) is 17.8 Å². The van der Waals surface area contributed by atoms with Crippen LogP contribution in [0.25, 0.3) is 11.2 Å². The summed E-state index contributed by atoms with van der Waals surface area (Å²) < 4.78 is 49.4. The maximum Gasteiger partial charge on any atom is 0.225 e. The molecule has 0 radical (unpaired) electrons. The molecule has 13 heteroatoms. The van der Waals surface area contributed by atoms with Crippen LogP contribution in [0.2, 0.25) is 5.02 Å². The van der Waals surface area contributed by atoms with E-state index >= 15 is 0 Å². The van der Waals surface area contributed by atoms with Crippen LogP contribution < -0.4 is 16.4 Å². The highest BCUT2D eigenvalue weighted by Gasteiger charge is 2.30. The molecule has 1 saturated heterocycles. The molecule has 4 N–H and O–H groups in total. The van der Waals surface area contributed by atoms with E-state index in [4.69, 9.17) is 22.1 Å². The van der Waals surface area contributed by atoms with Crippen LogP contribution in [0.4, 0.5) is 30.8 Å². The summed E-state index contributed by atoms with van der Waals surface area (Å²) in [7, 11) is 0. The Morgan fingerprint density at radius 2 is 1.94 bits per heavy atom. The number of imidazole rings is 1. The highest BCUT2D eigenvalue weighted by atomic mass is 35.5. The lowest BCUT2D eigenvalue weighted by atomic mass is 9.85. The molecule has 2 fully saturated rings. The predicted octanol–water partition coefficient (Wildman–Crippen LogP) is 4.26. The summed E-state index contributed by atoms with van der Waals surface area (Å²) in [6.07, 6.45) is 3.12. The lowest BCUT2D eigenvalue weighted by Gasteiger charge is -2.29. The summed E-state index contributed by atoms with van der Waals surface area (Å²) in [5, 5.41) is 5.77. The summed E-state index contributed by atoms with van der Waals surface area (Å²) in [6, 6.07) is 1.09. The van der Waals surface area contributed by atoms with Crippen LogP contribution in [0.15, 0.2) is 18.3 Å². The van der Waals surface area contributed by atoms with Crippen molar-refractivity contribution >= 4 is 46.3 Å². The number of halogens is 4. The topological polar surface area (TPSA) is 120 Å². The van der Waals surface area contributed by atoms with Crippen LogP contribution in [0.1, 0.15) is 38.1 Å². The van der Waals surface area contributed by atoms with Gasteiger partial charge in [0.05, 0.1) is 29.6 Å². The number of hydrogen-bond acceptors (Lipinski definition) is 7. The summed E-state index contributed by atoms with van der Waals surface area (Å²) in [4.78, 5) is 25.1. The number of nitrogens with one attached hydrogen (secondary N) is 2. The minimum Gasteiger partial charge on any atom is -0.378 e. The van der Waals surface area contributed by atoms with Gasteiger partial charge in [-0.15, -0.1) is 0 Å². The molecule has 0 bridgehead atoms. The van der Waals surface area contributed by atoms with Gasteiger partial charge < -0.3 is 21.1 Å². The molecule has 2 aromatic heterocycles. The molecule has 0 unspecified atom stereocenters. The zero-order chi connectivity index (χ0) is 25.4. The Bertz CT molecular complexity index is 1260. The van der Waals surface area contributed by atoms with Crippen LogP contribution in [0.5, 0.6) is 0 Å². The number of amides is 1. The fourth-order valence-corrected chi connectivity index (χ4v) is 5.06. The van der Waals surface area contributed by atoms with Gasteiger partial charge in [0.1, 0.15) is 17.5 Å². The second kappa shape index (κ2) is 10.1. The van der Waals surface area contributed by atoms with Gasteiger partial charge in [-0.3, -0.25) is 9.36 Å². The molecule has 2 atom stereocenters. The third-order valence-electron chi connectivity index (χ3n) is 6.74. The highest BCUT2D eigenvalue weighted by Crippen LogP contribution is 2.38. The molecule has 36 heavy (non-hydrogen) atoms. The molecular weight excluding hydrogens is 499 g/mol. The lowest BCUT2D eigenvalue weighted by Crippen LogP contribution is -2.39. The Balaban J connectivity index is 1.53. The number of fused-ring (bicyclic) bond motifs is 1. The number of nitrogens with two attached hydrogens (primary N) is 1. The smallest absolute Gasteiger partial charge is 0.225 e. The second-order valence-electron chi connectivity index (χ2n) is 9.12. The first-order chi connectivity index (χ1) is 17.3. The van der Waals surface area contributed by atoms with Crippen molar-refractivity contribution < 1.29 is 22.7 Å². The number of rotatable bonds is 6. The molecule has 1 aliphatic carbocycles. The first-order valence-electron chi connectivity index (χ1n) is 11.7. The lowest BCUT2D eigenvalue weighted by molar-refractivity contribution is -0.122. The maximum atomic E-state index is 14.6. The molecule has 1 saturated carbocycles. The van der Waals surface area contributed by atoms with Gasteiger partial charge in [-0.1, -0.05) is 11.6 Å². The summed E-state index contributed by atoms with van der Waals surface area (Å²) >= 11 is 6.11. The molecule has 3 heterocycles. The number of ether oxygens (including phenoxy) is 1. The quantitative estimate of drug-likeness (QED) is 0.441. The number of aromatic nitrogens is 4. The molecule has 9 nitrogen and oxygen atoms in total. The molecule has 1 aliphatic heterocycles. The SMILES string of the molecule is NC(=O)[C@H]1CC[C@H](n2c(Nc3c(F)cc(F)cc3Cl)nc3cnc(N[C@H]4CCOC[C@H]4F)nc32)CC1. The monoisotopic (exact) mass is 523 g/mol. The summed E-state index contributed by atoms with van der Waals surface area (Å²) in [6.45, 7) is 0.429. The van der Waals surface area contributed by atoms with E-state index in [1.165, 1.54) is 6.20 Å². The predicted molar refractivity (Wildman–Crippen MR) is 128 cm³/mol. The van der Waals surface area contributed by atoms with Crippen molar-refractivity contribution in [1.29, 1.82) is 0 Å². The van der Waals surface area contributed by atoms with Crippen LogP contribution in [0.3, 0.4) is 0 Å². The number of alkyl halides is 1. The zero-order valence-electron chi connectivity index (χ0n) is 19.2. The van der Waals surface area contributed by atoms with E-state index < -0.39 is 23.8 Å². The van der Waals surface area contributed by atoms with Gasteiger partial charge in [-0.2, -0.15) is 4.98 Å². The van der Waals surface area contributed by atoms with E-state index in [2.05, 4.69) is 25.6 Å². The molecule has 192 valence electrons. The zero-order valence-corrected chi connectivity index (χ0v) is 19.9. The summed E-state index contributed by atoms with van der Waals surface area (Å²) in [5.74, 6) is -1.78. The van der Waals surface area contributed by atoms with Crippen molar-refractivity contribution in [3.8, 4) is 0 Å². The molecule has 3 aromatic rings. The Kier molecular flexibility index (Phi) is 6.89.